The van der Waals surface area contributed by atoms with Crippen LogP contribution in [-0.2, 0) is 10.3 Å². The molecule has 1 aliphatic carbocycles. The van der Waals surface area contributed by atoms with Crippen molar-refractivity contribution < 1.29 is 4.79 Å². The third-order valence-electron chi connectivity index (χ3n) is 4.91. The van der Waals surface area contributed by atoms with Crippen molar-refractivity contribution in [2.75, 3.05) is 7.05 Å². The maximum atomic E-state index is 12.4. The molecule has 1 aliphatic heterocycles. The van der Waals surface area contributed by atoms with Crippen LogP contribution >= 0.6 is 22.9 Å². The van der Waals surface area contributed by atoms with E-state index in [4.69, 9.17) is 17.0 Å². The van der Waals surface area contributed by atoms with E-state index in [2.05, 4.69) is 17.4 Å². The Morgan fingerprint density at radius 3 is 2.79 bits per heavy atom. The predicted octanol–water partition coefficient (Wildman–Crippen LogP) is 4.06. The molecule has 1 aromatic heterocycles. The number of nitrogens with zero attached hydrogens (tertiary/aromatic N) is 1. The zero-order valence-electron chi connectivity index (χ0n) is 13.3. The van der Waals surface area contributed by atoms with Gasteiger partial charge in [0.05, 0.1) is 12.0 Å². The van der Waals surface area contributed by atoms with Gasteiger partial charge in [0.1, 0.15) is 0 Å². The number of carbonyl (C=O) groups excluding carboxylic acids is 1. The van der Waals surface area contributed by atoms with Crippen molar-refractivity contribution in [3.05, 3.63) is 46.3 Å². The van der Waals surface area contributed by atoms with Gasteiger partial charge in [-0.2, -0.15) is 0 Å². The minimum atomic E-state index is -0.428. The van der Waals surface area contributed by atoms with Gasteiger partial charge in [0, 0.05) is 21.8 Å². The first-order valence-electron chi connectivity index (χ1n) is 7.99. The molecular formula is C18H18ClN3OS. The molecule has 2 fully saturated rings. The molecule has 2 N–H and O–H groups in total. The Labute approximate surface area is 149 Å². The Morgan fingerprint density at radius 2 is 2.12 bits per heavy atom. The molecule has 2 aromatic rings. The zero-order valence-corrected chi connectivity index (χ0v) is 14.9. The molecule has 2 aliphatic rings. The van der Waals surface area contributed by atoms with E-state index < -0.39 is 5.54 Å². The van der Waals surface area contributed by atoms with E-state index in [0.29, 0.717) is 17.4 Å². The van der Waals surface area contributed by atoms with E-state index in [9.17, 15) is 4.79 Å². The topological polar surface area (TPSA) is 56.2 Å². The quantitative estimate of drug-likeness (QED) is 0.868. The summed E-state index contributed by atoms with van der Waals surface area (Å²) >= 11 is 7.79. The maximum absolute atomic E-state index is 12.4. The molecule has 4 nitrogen and oxygen atoms in total. The molecule has 1 amide bonds. The van der Waals surface area contributed by atoms with Gasteiger partial charge in [-0.3, -0.25) is 15.1 Å². The van der Waals surface area contributed by atoms with E-state index in [1.807, 2.05) is 24.3 Å². The van der Waals surface area contributed by atoms with Crippen LogP contribution in [0, 0.1) is 11.3 Å². The van der Waals surface area contributed by atoms with Crippen molar-refractivity contribution in [2.24, 2.45) is 5.92 Å². The summed E-state index contributed by atoms with van der Waals surface area (Å²) in [4.78, 5) is 16.0. The second-order valence-corrected chi connectivity index (χ2v) is 8.04. The number of hydrogen-bond donors (Lipinski definition) is 2. The highest BCUT2D eigenvalue weighted by molar-refractivity contribution is 7.15. The molecule has 24 heavy (non-hydrogen) atoms. The zero-order chi connectivity index (χ0) is 16.9. The number of hydrogen-bond acceptors (Lipinski definition) is 3. The Morgan fingerprint density at radius 1 is 1.33 bits per heavy atom. The third-order valence-corrected chi connectivity index (χ3v) is 6.46. The van der Waals surface area contributed by atoms with E-state index in [1.165, 1.54) is 4.90 Å². The highest BCUT2D eigenvalue weighted by Gasteiger charge is 2.52. The highest BCUT2D eigenvalue weighted by Crippen LogP contribution is 2.51. The number of rotatable bonds is 3. The average Bonchev–Trinajstić information content (AvgIpc) is 3.29. The monoisotopic (exact) mass is 359 g/mol. The van der Waals surface area contributed by atoms with Gasteiger partial charge in [-0.1, -0.05) is 23.7 Å². The van der Waals surface area contributed by atoms with Gasteiger partial charge < -0.3 is 5.32 Å². The number of thiophene rings is 1. The van der Waals surface area contributed by atoms with Crippen LogP contribution in [0.3, 0.4) is 0 Å². The Balaban J connectivity index is 1.73. The fourth-order valence-corrected chi connectivity index (χ4v) is 4.78. The van der Waals surface area contributed by atoms with Gasteiger partial charge in [0.2, 0.25) is 5.91 Å². The van der Waals surface area contributed by atoms with Gasteiger partial charge in [-0.05, 0) is 48.6 Å². The number of nitrogens with one attached hydrogen (secondary N) is 2. The van der Waals surface area contributed by atoms with E-state index in [1.54, 1.807) is 18.4 Å². The maximum Gasteiger partial charge on any atom is 0.231 e. The summed E-state index contributed by atoms with van der Waals surface area (Å²) in [5, 5.41) is 12.2. The molecule has 4 rings (SSSR count). The van der Waals surface area contributed by atoms with Crippen LogP contribution in [-0.4, -0.2) is 23.8 Å². The largest absolute Gasteiger partial charge is 0.345 e. The first-order chi connectivity index (χ1) is 11.5. The lowest BCUT2D eigenvalue weighted by Crippen LogP contribution is -2.60. The van der Waals surface area contributed by atoms with Gasteiger partial charge >= 0.3 is 0 Å². The molecule has 1 aromatic carbocycles. The fraction of sp³-hybridized carbons (Fsp3) is 0.333. The summed E-state index contributed by atoms with van der Waals surface area (Å²) in [6.07, 6.45) is 2.61. The minimum absolute atomic E-state index is 0.00311. The Hall–Kier alpha value is -1.85. The molecule has 1 saturated heterocycles. The summed E-state index contributed by atoms with van der Waals surface area (Å²) in [5.41, 5.74) is 0.654. The van der Waals surface area contributed by atoms with Crippen molar-refractivity contribution in [1.29, 1.82) is 5.41 Å². The molecular weight excluding hydrogens is 342 g/mol. The van der Waals surface area contributed by atoms with E-state index in [-0.39, 0.29) is 11.9 Å². The van der Waals surface area contributed by atoms with E-state index >= 15 is 0 Å². The lowest BCUT2D eigenvalue weighted by Gasteiger charge is -2.41. The molecule has 6 heteroatoms. The molecule has 124 valence electrons. The van der Waals surface area contributed by atoms with Crippen LogP contribution in [0.5, 0.6) is 0 Å². The fourth-order valence-electron chi connectivity index (χ4n) is 3.37. The SMILES string of the molecule is CN1C(=N)NC(c2ccc(-c3cccc(Cl)c3)s2)(C2CC2)CC1=O. The standard InChI is InChI=1S/C18H18ClN3OS/c1-22-16(23)10-18(12-5-6-12,21-17(22)20)15-8-7-14(24-15)11-3-2-4-13(19)9-11/h2-4,7-9,12H,5-6,10H2,1H3,(H2,20,21). The number of amides is 1. The molecule has 0 radical (unpaired) electrons. The summed E-state index contributed by atoms with van der Waals surface area (Å²) in [6.45, 7) is 0. The normalized spacial score (nSPS) is 24.2. The van der Waals surface area contributed by atoms with Crippen LogP contribution in [0.25, 0.3) is 10.4 Å². The van der Waals surface area contributed by atoms with Gasteiger partial charge in [0.15, 0.2) is 5.96 Å². The minimum Gasteiger partial charge on any atom is -0.345 e. The Bertz CT molecular complexity index is 809. The van der Waals surface area contributed by atoms with Crippen molar-refractivity contribution in [3.63, 3.8) is 0 Å². The number of guanidine groups is 1. The highest BCUT2D eigenvalue weighted by atomic mass is 35.5. The lowest BCUT2D eigenvalue weighted by molar-refractivity contribution is -0.130. The van der Waals surface area contributed by atoms with Crippen molar-refractivity contribution in [2.45, 2.75) is 24.8 Å². The number of halogens is 1. The molecule has 1 saturated carbocycles. The molecule has 1 atom stereocenters. The van der Waals surface area contributed by atoms with Gasteiger partial charge in [-0.15, -0.1) is 11.3 Å². The van der Waals surface area contributed by atoms with Crippen molar-refractivity contribution >= 4 is 34.8 Å². The summed E-state index contributed by atoms with van der Waals surface area (Å²) in [5.74, 6) is 0.612. The number of carbonyl (C=O) groups is 1. The third kappa shape index (κ3) is 2.52. The number of benzene rings is 1. The first-order valence-corrected chi connectivity index (χ1v) is 9.18. The second kappa shape index (κ2) is 5.60. The van der Waals surface area contributed by atoms with Crippen LogP contribution in [0.4, 0.5) is 0 Å². The predicted molar refractivity (Wildman–Crippen MR) is 97.4 cm³/mol. The van der Waals surface area contributed by atoms with Crippen LogP contribution in [0.15, 0.2) is 36.4 Å². The first kappa shape index (κ1) is 15.7. The van der Waals surface area contributed by atoms with Gasteiger partial charge in [0.25, 0.3) is 0 Å². The summed E-state index contributed by atoms with van der Waals surface area (Å²) < 4.78 is 0. The molecule has 0 spiro atoms. The van der Waals surface area contributed by atoms with Crippen LogP contribution in [0.2, 0.25) is 5.02 Å². The van der Waals surface area contributed by atoms with Crippen molar-refractivity contribution in [3.8, 4) is 10.4 Å². The average molecular weight is 360 g/mol. The summed E-state index contributed by atoms with van der Waals surface area (Å²) in [6, 6.07) is 12.0. The van der Waals surface area contributed by atoms with Crippen molar-refractivity contribution in [1.82, 2.24) is 10.2 Å². The smallest absolute Gasteiger partial charge is 0.231 e. The van der Waals surface area contributed by atoms with Crippen LogP contribution in [0.1, 0.15) is 24.1 Å². The Kier molecular flexibility index (Phi) is 3.66. The molecule has 1 unspecified atom stereocenters. The molecule has 0 bridgehead atoms. The van der Waals surface area contributed by atoms with E-state index in [0.717, 1.165) is 28.2 Å². The van der Waals surface area contributed by atoms with Crippen LogP contribution < -0.4 is 5.32 Å². The summed E-state index contributed by atoms with van der Waals surface area (Å²) in [7, 11) is 1.65. The molecule has 2 heterocycles. The second-order valence-electron chi connectivity index (χ2n) is 6.52. The van der Waals surface area contributed by atoms with Gasteiger partial charge in [-0.25, -0.2) is 0 Å². The lowest BCUT2D eigenvalue weighted by atomic mass is 9.85.